The Morgan fingerprint density at radius 3 is 2.45 bits per heavy atom. The third-order valence-corrected chi connectivity index (χ3v) is 6.49. The molecule has 152 valence electrons. The third kappa shape index (κ3) is 3.86. The molecule has 0 fully saturated rings. The second-order valence-corrected chi connectivity index (χ2v) is 8.80. The number of ether oxygens (including phenoxy) is 2. The highest BCUT2D eigenvalue weighted by Gasteiger charge is 2.24. The summed E-state index contributed by atoms with van der Waals surface area (Å²) in [5, 5.41) is 4.44. The number of fused-ring (bicyclic) bond motifs is 1. The molecular formula is C21H23N3O4S. The van der Waals surface area contributed by atoms with Crippen LogP contribution < -0.4 is 14.2 Å². The van der Waals surface area contributed by atoms with Gasteiger partial charge in [-0.05, 0) is 45.0 Å². The van der Waals surface area contributed by atoms with Crippen molar-refractivity contribution < 1.29 is 17.9 Å². The van der Waals surface area contributed by atoms with Crippen molar-refractivity contribution in [2.45, 2.75) is 31.7 Å². The van der Waals surface area contributed by atoms with Gasteiger partial charge in [-0.3, -0.25) is 0 Å². The van der Waals surface area contributed by atoms with Crippen LogP contribution in [0.3, 0.4) is 0 Å². The van der Waals surface area contributed by atoms with Gasteiger partial charge in [0.05, 0.1) is 16.8 Å². The Bertz CT molecular complexity index is 1140. The molecule has 0 aliphatic carbocycles. The fraction of sp³-hybridized carbons (Fsp3) is 0.286. The van der Waals surface area contributed by atoms with Crippen molar-refractivity contribution in [3.05, 3.63) is 65.5 Å². The molecule has 1 N–H and O–H groups in total. The molecular weight excluding hydrogens is 390 g/mol. The highest BCUT2D eigenvalue weighted by molar-refractivity contribution is 7.89. The van der Waals surface area contributed by atoms with Gasteiger partial charge in [0.25, 0.3) is 0 Å². The molecule has 3 aromatic rings. The van der Waals surface area contributed by atoms with Crippen molar-refractivity contribution >= 4 is 10.0 Å². The van der Waals surface area contributed by atoms with Crippen LogP contribution in [0.5, 0.6) is 11.5 Å². The first kappa shape index (κ1) is 19.5. The van der Waals surface area contributed by atoms with Crippen LogP contribution in [0, 0.1) is 13.8 Å². The third-order valence-electron chi connectivity index (χ3n) is 4.95. The standard InChI is InChI=1S/C21H23N3O4S/c1-14-4-6-17(7-5-14)24-16(3)19(13-22-24)15(2)23-29(25,26)18-8-9-20-21(12-18)28-11-10-27-20/h4-9,12-13,15,23H,10-11H2,1-3H3/t15-/m0/s1. The molecule has 0 amide bonds. The smallest absolute Gasteiger partial charge is 0.241 e. The Morgan fingerprint density at radius 1 is 1.03 bits per heavy atom. The lowest BCUT2D eigenvalue weighted by atomic mass is 10.1. The van der Waals surface area contributed by atoms with E-state index < -0.39 is 16.1 Å². The zero-order valence-corrected chi connectivity index (χ0v) is 17.4. The van der Waals surface area contributed by atoms with Crippen molar-refractivity contribution in [3.63, 3.8) is 0 Å². The molecule has 1 aromatic heterocycles. The van der Waals surface area contributed by atoms with Gasteiger partial charge >= 0.3 is 0 Å². The van der Waals surface area contributed by atoms with E-state index in [1.165, 1.54) is 17.7 Å². The Hall–Kier alpha value is -2.84. The minimum atomic E-state index is -3.74. The Morgan fingerprint density at radius 2 is 1.72 bits per heavy atom. The normalized spacial score (nSPS) is 14.6. The topological polar surface area (TPSA) is 82.5 Å². The second-order valence-electron chi connectivity index (χ2n) is 7.08. The lowest BCUT2D eigenvalue weighted by molar-refractivity contribution is 0.171. The molecule has 0 spiro atoms. The molecule has 0 bridgehead atoms. The largest absolute Gasteiger partial charge is 0.486 e. The summed E-state index contributed by atoms with van der Waals surface area (Å²) in [6, 6.07) is 12.2. The van der Waals surface area contributed by atoms with Gasteiger partial charge < -0.3 is 9.47 Å². The SMILES string of the molecule is Cc1ccc(-n2ncc([C@H](C)NS(=O)(=O)c3ccc4c(c3)OCCO4)c2C)cc1. The van der Waals surface area contributed by atoms with E-state index in [0.29, 0.717) is 24.7 Å². The van der Waals surface area contributed by atoms with E-state index in [-0.39, 0.29) is 4.90 Å². The summed E-state index contributed by atoms with van der Waals surface area (Å²) in [5.41, 5.74) is 3.79. The van der Waals surface area contributed by atoms with Crippen LogP contribution in [0.2, 0.25) is 0 Å². The molecule has 1 aliphatic heterocycles. The van der Waals surface area contributed by atoms with Crippen LogP contribution in [-0.4, -0.2) is 31.4 Å². The average molecular weight is 413 g/mol. The quantitative estimate of drug-likeness (QED) is 0.694. The molecule has 4 rings (SSSR count). The summed E-state index contributed by atoms with van der Waals surface area (Å²) in [4.78, 5) is 0.136. The summed E-state index contributed by atoms with van der Waals surface area (Å²) >= 11 is 0. The monoisotopic (exact) mass is 413 g/mol. The summed E-state index contributed by atoms with van der Waals surface area (Å²) in [6.45, 7) is 6.62. The molecule has 0 saturated carbocycles. The molecule has 2 aromatic carbocycles. The predicted molar refractivity (Wildman–Crippen MR) is 109 cm³/mol. The zero-order chi connectivity index (χ0) is 20.6. The number of nitrogens with one attached hydrogen (secondary N) is 1. The molecule has 0 radical (unpaired) electrons. The number of rotatable bonds is 5. The second kappa shape index (κ2) is 7.53. The summed E-state index contributed by atoms with van der Waals surface area (Å²) in [5.74, 6) is 0.994. The lowest BCUT2D eigenvalue weighted by Gasteiger charge is -2.19. The van der Waals surface area contributed by atoms with E-state index in [0.717, 1.165) is 16.9 Å². The van der Waals surface area contributed by atoms with Gasteiger partial charge in [-0.2, -0.15) is 5.10 Å². The summed E-state index contributed by atoms with van der Waals surface area (Å²) in [7, 11) is -3.74. The van der Waals surface area contributed by atoms with Crippen LogP contribution in [-0.2, 0) is 10.0 Å². The molecule has 0 saturated heterocycles. The van der Waals surface area contributed by atoms with Crippen molar-refractivity contribution in [3.8, 4) is 17.2 Å². The van der Waals surface area contributed by atoms with E-state index in [1.807, 2.05) is 42.8 Å². The van der Waals surface area contributed by atoms with E-state index in [1.54, 1.807) is 19.2 Å². The van der Waals surface area contributed by atoms with Crippen molar-refractivity contribution in [1.29, 1.82) is 0 Å². The molecule has 2 heterocycles. The van der Waals surface area contributed by atoms with Crippen LogP contribution in [0.1, 0.15) is 29.8 Å². The molecule has 29 heavy (non-hydrogen) atoms. The van der Waals surface area contributed by atoms with Crippen molar-refractivity contribution in [2.75, 3.05) is 13.2 Å². The number of hydrogen-bond acceptors (Lipinski definition) is 5. The minimum absolute atomic E-state index is 0.136. The van der Waals surface area contributed by atoms with E-state index in [2.05, 4.69) is 9.82 Å². The number of hydrogen-bond donors (Lipinski definition) is 1. The number of aromatic nitrogens is 2. The summed E-state index contributed by atoms with van der Waals surface area (Å²) < 4.78 is 41.3. The fourth-order valence-electron chi connectivity index (χ4n) is 3.35. The maximum Gasteiger partial charge on any atom is 0.241 e. The molecule has 1 aliphatic rings. The van der Waals surface area contributed by atoms with Crippen molar-refractivity contribution in [2.24, 2.45) is 0 Å². The van der Waals surface area contributed by atoms with Crippen LogP contribution in [0.4, 0.5) is 0 Å². The number of sulfonamides is 1. The van der Waals surface area contributed by atoms with Gasteiger partial charge in [0.15, 0.2) is 11.5 Å². The highest BCUT2D eigenvalue weighted by Crippen LogP contribution is 2.32. The average Bonchev–Trinajstić information content (AvgIpc) is 3.09. The predicted octanol–water partition coefficient (Wildman–Crippen LogP) is 3.30. The zero-order valence-electron chi connectivity index (χ0n) is 16.5. The Labute approximate surface area is 170 Å². The van der Waals surface area contributed by atoms with Gasteiger partial charge in [-0.15, -0.1) is 0 Å². The number of nitrogens with zero attached hydrogens (tertiary/aromatic N) is 2. The van der Waals surface area contributed by atoms with Crippen LogP contribution in [0.15, 0.2) is 53.6 Å². The van der Waals surface area contributed by atoms with Gasteiger partial charge in [0.2, 0.25) is 10.0 Å². The first-order valence-electron chi connectivity index (χ1n) is 9.39. The van der Waals surface area contributed by atoms with Gasteiger partial charge in [0, 0.05) is 23.4 Å². The maximum atomic E-state index is 12.9. The fourth-order valence-corrected chi connectivity index (χ4v) is 4.59. The molecule has 7 nitrogen and oxygen atoms in total. The van der Waals surface area contributed by atoms with Gasteiger partial charge in [-0.1, -0.05) is 17.7 Å². The molecule has 1 atom stereocenters. The minimum Gasteiger partial charge on any atom is -0.486 e. The Balaban J connectivity index is 1.57. The first-order valence-corrected chi connectivity index (χ1v) is 10.9. The van der Waals surface area contributed by atoms with E-state index in [9.17, 15) is 8.42 Å². The molecule has 0 unspecified atom stereocenters. The van der Waals surface area contributed by atoms with E-state index in [4.69, 9.17) is 9.47 Å². The van der Waals surface area contributed by atoms with Gasteiger partial charge in [-0.25, -0.2) is 17.8 Å². The van der Waals surface area contributed by atoms with Gasteiger partial charge in [0.1, 0.15) is 13.2 Å². The van der Waals surface area contributed by atoms with Crippen molar-refractivity contribution in [1.82, 2.24) is 14.5 Å². The highest BCUT2D eigenvalue weighted by atomic mass is 32.2. The summed E-state index contributed by atoms with van der Waals surface area (Å²) in [6.07, 6.45) is 1.70. The number of aryl methyl sites for hydroxylation is 1. The first-order chi connectivity index (χ1) is 13.8. The van der Waals surface area contributed by atoms with E-state index >= 15 is 0 Å². The van der Waals surface area contributed by atoms with Crippen LogP contribution >= 0.6 is 0 Å². The molecule has 8 heteroatoms. The number of benzene rings is 2. The lowest BCUT2D eigenvalue weighted by Crippen LogP contribution is -2.27. The van der Waals surface area contributed by atoms with Crippen LogP contribution in [0.25, 0.3) is 5.69 Å². The Kier molecular flexibility index (Phi) is 5.06. The maximum absolute atomic E-state index is 12.9.